The number of aromatic nitrogens is 1. The third-order valence-corrected chi connectivity index (χ3v) is 5.52. The highest BCUT2D eigenvalue weighted by atomic mass is 16.5. The normalized spacial score (nSPS) is 11.0. The van der Waals surface area contributed by atoms with Crippen LogP contribution in [0.2, 0.25) is 0 Å². The third-order valence-electron chi connectivity index (χ3n) is 5.52. The quantitative estimate of drug-likeness (QED) is 0.463. The molecule has 0 radical (unpaired) electrons. The Bertz CT molecular complexity index is 1040. The number of ether oxygens (including phenoxy) is 2. The van der Waals surface area contributed by atoms with Gasteiger partial charge in [-0.2, -0.15) is 0 Å². The molecule has 32 heavy (non-hydrogen) atoms. The zero-order valence-corrected chi connectivity index (χ0v) is 19.0. The van der Waals surface area contributed by atoms with Crippen LogP contribution in [0.3, 0.4) is 0 Å². The second-order valence-corrected chi connectivity index (χ2v) is 7.66. The van der Waals surface area contributed by atoms with Crippen LogP contribution in [0.1, 0.15) is 16.1 Å². The first-order valence-corrected chi connectivity index (χ1v) is 10.7. The Kier molecular flexibility index (Phi) is 8.41. The molecule has 0 aliphatic heterocycles. The summed E-state index contributed by atoms with van der Waals surface area (Å²) in [6.45, 7) is 1.96. The van der Waals surface area contributed by atoms with Crippen LogP contribution in [0, 0.1) is 0 Å². The summed E-state index contributed by atoms with van der Waals surface area (Å²) in [6.07, 6.45) is 1.95. The molecule has 0 saturated carbocycles. The lowest BCUT2D eigenvalue weighted by Gasteiger charge is -2.28. The average Bonchev–Trinajstić information content (AvgIpc) is 3.22. The van der Waals surface area contributed by atoms with Gasteiger partial charge in [0.2, 0.25) is 5.91 Å². The minimum atomic E-state index is -0.183. The predicted octanol–water partition coefficient (Wildman–Crippen LogP) is 2.94. The molecule has 0 unspecified atom stereocenters. The fourth-order valence-corrected chi connectivity index (χ4v) is 3.65. The van der Waals surface area contributed by atoms with E-state index >= 15 is 0 Å². The van der Waals surface area contributed by atoms with Gasteiger partial charge < -0.3 is 23.8 Å². The van der Waals surface area contributed by atoms with E-state index in [2.05, 4.69) is 0 Å². The second kappa shape index (κ2) is 11.5. The van der Waals surface area contributed by atoms with Gasteiger partial charge in [-0.3, -0.25) is 9.59 Å². The Morgan fingerprint density at radius 2 is 1.56 bits per heavy atom. The Morgan fingerprint density at radius 3 is 2.25 bits per heavy atom. The molecule has 1 aromatic heterocycles. The van der Waals surface area contributed by atoms with Gasteiger partial charge in [0.05, 0.1) is 19.8 Å². The van der Waals surface area contributed by atoms with Crippen LogP contribution in [0.15, 0.2) is 60.8 Å². The van der Waals surface area contributed by atoms with Crippen molar-refractivity contribution in [3.8, 4) is 0 Å². The highest BCUT2D eigenvalue weighted by molar-refractivity contribution is 6.07. The van der Waals surface area contributed by atoms with Crippen molar-refractivity contribution in [2.45, 2.75) is 6.54 Å². The van der Waals surface area contributed by atoms with Gasteiger partial charge in [-0.1, -0.05) is 36.4 Å². The first-order chi connectivity index (χ1) is 15.5. The molecule has 0 spiro atoms. The molecule has 170 valence electrons. The molecular formula is C25H31N3O4. The molecule has 7 heteroatoms. The summed E-state index contributed by atoms with van der Waals surface area (Å²) in [6, 6.07) is 17.3. The first-order valence-electron chi connectivity index (χ1n) is 10.7. The van der Waals surface area contributed by atoms with E-state index in [9.17, 15) is 9.59 Å². The zero-order valence-electron chi connectivity index (χ0n) is 19.0. The molecule has 7 nitrogen and oxygen atoms in total. The summed E-state index contributed by atoms with van der Waals surface area (Å²) >= 11 is 0. The summed E-state index contributed by atoms with van der Waals surface area (Å²) in [5.74, 6) is -0.314. The molecule has 0 saturated heterocycles. The number of hydrogen-bond donors (Lipinski definition) is 0. The summed E-state index contributed by atoms with van der Waals surface area (Å²) in [7, 11) is 5.14. The van der Waals surface area contributed by atoms with E-state index in [0.29, 0.717) is 38.4 Å². The number of benzene rings is 2. The van der Waals surface area contributed by atoms with Crippen molar-refractivity contribution in [1.82, 2.24) is 14.4 Å². The van der Waals surface area contributed by atoms with Gasteiger partial charge in [0.1, 0.15) is 6.54 Å². The number of carbonyl (C=O) groups excluding carboxylic acids is 2. The van der Waals surface area contributed by atoms with Crippen molar-refractivity contribution < 1.29 is 19.1 Å². The van der Waals surface area contributed by atoms with Gasteiger partial charge in [-0.15, -0.1) is 0 Å². The Morgan fingerprint density at radius 1 is 0.875 bits per heavy atom. The topological polar surface area (TPSA) is 64.0 Å². The van der Waals surface area contributed by atoms with E-state index in [1.807, 2.05) is 72.4 Å². The van der Waals surface area contributed by atoms with Crippen molar-refractivity contribution in [3.63, 3.8) is 0 Å². The average molecular weight is 438 g/mol. The highest BCUT2D eigenvalue weighted by Crippen LogP contribution is 2.20. The van der Waals surface area contributed by atoms with Crippen LogP contribution >= 0.6 is 0 Å². The molecule has 2 aromatic carbocycles. The highest BCUT2D eigenvalue weighted by Gasteiger charge is 2.24. The standard InChI is InChI=1S/C25H31N3O4/c1-26-13-7-10-21(26)18-27(14-16-31-2)24(29)19-28(15-17-32-3)25(30)23-12-6-9-20-8-4-5-11-22(20)23/h4-13H,14-19H2,1-3H3. The van der Waals surface area contributed by atoms with Crippen LogP contribution in [-0.2, 0) is 27.9 Å². The summed E-state index contributed by atoms with van der Waals surface area (Å²) < 4.78 is 12.4. The number of amides is 2. The molecule has 0 aliphatic carbocycles. The first kappa shape index (κ1) is 23.5. The van der Waals surface area contributed by atoms with Gasteiger partial charge in [-0.25, -0.2) is 0 Å². The van der Waals surface area contributed by atoms with Gasteiger partial charge in [0, 0.05) is 51.8 Å². The number of fused-ring (bicyclic) bond motifs is 1. The molecular weight excluding hydrogens is 406 g/mol. The molecule has 2 amide bonds. The van der Waals surface area contributed by atoms with E-state index in [1.165, 1.54) is 0 Å². The van der Waals surface area contributed by atoms with Crippen molar-refractivity contribution >= 4 is 22.6 Å². The number of methoxy groups -OCH3 is 2. The smallest absolute Gasteiger partial charge is 0.255 e. The van der Waals surface area contributed by atoms with Crippen LogP contribution in [-0.4, -0.2) is 73.2 Å². The molecule has 0 N–H and O–H groups in total. The van der Waals surface area contributed by atoms with E-state index in [-0.39, 0.29) is 18.4 Å². The lowest BCUT2D eigenvalue weighted by atomic mass is 10.0. The maximum absolute atomic E-state index is 13.5. The number of hydrogen-bond acceptors (Lipinski definition) is 4. The number of aryl methyl sites for hydroxylation is 1. The Labute approximate surface area is 189 Å². The summed E-state index contributed by atoms with van der Waals surface area (Å²) in [4.78, 5) is 30.1. The van der Waals surface area contributed by atoms with Crippen LogP contribution < -0.4 is 0 Å². The van der Waals surface area contributed by atoms with Crippen molar-refractivity contribution in [2.75, 3.05) is 47.1 Å². The van der Waals surface area contributed by atoms with Crippen molar-refractivity contribution in [3.05, 3.63) is 72.1 Å². The molecule has 1 heterocycles. The van der Waals surface area contributed by atoms with E-state index < -0.39 is 0 Å². The molecule has 3 aromatic rings. The summed E-state index contributed by atoms with van der Waals surface area (Å²) in [5, 5.41) is 1.86. The van der Waals surface area contributed by atoms with Crippen molar-refractivity contribution in [1.29, 1.82) is 0 Å². The van der Waals surface area contributed by atoms with Crippen LogP contribution in [0.5, 0.6) is 0 Å². The Hall–Kier alpha value is -3.16. The summed E-state index contributed by atoms with van der Waals surface area (Å²) in [5.41, 5.74) is 1.59. The number of carbonyl (C=O) groups is 2. The van der Waals surface area contributed by atoms with Gasteiger partial charge in [0.25, 0.3) is 5.91 Å². The fourth-order valence-electron chi connectivity index (χ4n) is 3.65. The monoisotopic (exact) mass is 437 g/mol. The van der Waals surface area contributed by atoms with Gasteiger partial charge in [-0.05, 0) is 29.0 Å². The molecule has 0 fully saturated rings. The lowest BCUT2D eigenvalue weighted by Crippen LogP contribution is -2.45. The Balaban J connectivity index is 1.83. The molecule has 0 bridgehead atoms. The largest absolute Gasteiger partial charge is 0.383 e. The van der Waals surface area contributed by atoms with Crippen LogP contribution in [0.25, 0.3) is 10.8 Å². The zero-order chi connectivity index (χ0) is 22.9. The maximum atomic E-state index is 13.5. The molecule has 3 rings (SSSR count). The minimum Gasteiger partial charge on any atom is -0.383 e. The number of nitrogens with zero attached hydrogens (tertiary/aromatic N) is 3. The minimum absolute atomic E-state index is 0.0282. The van der Waals surface area contributed by atoms with Gasteiger partial charge in [0.15, 0.2) is 0 Å². The predicted molar refractivity (Wildman–Crippen MR) is 124 cm³/mol. The van der Waals surface area contributed by atoms with Crippen LogP contribution in [0.4, 0.5) is 0 Å². The van der Waals surface area contributed by atoms with E-state index in [4.69, 9.17) is 9.47 Å². The van der Waals surface area contributed by atoms with E-state index in [0.717, 1.165) is 16.5 Å². The second-order valence-electron chi connectivity index (χ2n) is 7.66. The fraction of sp³-hybridized carbons (Fsp3) is 0.360. The molecule has 0 atom stereocenters. The lowest BCUT2D eigenvalue weighted by molar-refractivity contribution is -0.133. The van der Waals surface area contributed by atoms with Crippen molar-refractivity contribution in [2.24, 2.45) is 7.05 Å². The SMILES string of the molecule is COCCN(Cc1cccn1C)C(=O)CN(CCOC)C(=O)c1cccc2ccccc12. The molecule has 0 aliphatic rings. The number of rotatable bonds is 11. The third kappa shape index (κ3) is 5.75. The maximum Gasteiger partial charge on any atom is 0.255 e. The van der Waals surface area contributed by atoms with Gasteiger partial charge >= 0.3 is 0 Å². The van der Waals surface area contributed by atoms with E-state index in [1.54, 1.807) is 24.0 Å².